The fourth-order valence-corrected chi connectivity index (χ4v) is 4.45. The van der Waals surface area contributed by atoms with Crippen molar-refractivity contribution in [3.63, 3.8) is 0 Å². The lowest BCUT2D eigenvalue weighted by Crippen LogP contribution is -2.11. The van der Waals surface area contributed by atoms with Crippen LogP contribution in [-0.4, -0.2) is 22.0 Å². The van der Waals surface area contributed by atoms with Gasteiger partial charge in [-0.05, 0) is 95.7 Å². The van der Waals surface area contributed by atoms with E-state index in [0.717, 1.165) is 26.4 Å². The monoisotopic (exact) mass is 588 g/mol. The molecule has 0 bridgehead atoms. The van der Waals surface area contributed by atoms with E-state index in [1.807, 2.05) is 66.7 Å². The highest BCUT2D eigenvalue weighted by molar-refractivity contribution is 9.10. The van der Waals surface area contributed by atoms with E-state index in [4.69, 9.17) is 4.42 Å². The number of carbonyl (C=O) groups is 2. The first kappa shape index (κ1) is 25.2. The average Bonchev–Trinajstić information content (AvgIpc) is 3.48. The summed E-state index contributed by atoms with van der Waals surface area (Å²) in [6.07, 6.45) is 0. The van der Waals surface area contributed by atoms with Crippen LogP contribution in [0.3, 0.4) is 0 Å². The number of hydrogen-bond donors (Lipinski definition) is 2. The zero-order valence-electron chi connectivity index (χ0n) is 21.0. The number of fused-ring (bicyclic) bond motifs is 1. The Morgan fingerprint density at radius 2 is 1.07 bits per heavy atom. The van der Waals surface area contributed by atoms with E-state index >= 15 is 0 Å². The summed E-state index contributed by atoms with van der Waals surface area (Å²) in [7, 11) is 0. The minimum absolute atomic E-state index is 0.185. The number of hydrogen-bond acceptors (Lipinski definition) is 5. The van der Waals surface area contributed by atoms with Gasteiger partial charge in [0.15, 0.2) is 0 Å². The van der Waals surface area contributed by atoms with E-state index < -0.39 is 0 Å². The Kier molecular flexibility index (Phi) is 6.91. The lowest BCUT2D eigenvalue weighted by atomic mass is 10.1. The maximum atomic E-state index is 12.8. The van der Waals surface area contributed by atoms with E-state index in [1.54, 1.807) is 48.5 Å². The zero-order valence-corrected chi connectivity index (χ0v) is 22.6. The van der Waals surface area contributed by atoms with Crippen LogP contribution in [0.5, 0.6) is 0 Å². The smallest absolute Gasteiger partial charge is 0.255 e. The van der Waals surface area contributed by atoms with Gasteiger partial charge in [-0.2, -0.15) is 0 Å². The molecule has 2 amide bonds. The lowest BCUT2D eigenvalue weighted by molar-refractivity contribution is 0.101. The number of carbonyl (C=O) groups excluding carboxylic acids is 2. The number of benzene rings is 5. The second-order valence-electron chi connectivity index (χ2n) is 9.04. The van der Waals surface area contributed by atoms with Crippen LogP contribution in [-0.2, 0) is 0 Å². The Labute approximate surface area is 238 Å². The Balaban J connectivity index is 1.10. The molecular formula is C32H21BrN4O3. The van der Waals surface area contributed by atoms with E-state index in [2.05, 4.69) is 36.8 Å². The molecule has 8 heteroatoms. The summed E-state index contributed by atoms with van der Waals surface area (Å²) < 4.78 is 6.80. The molecule has 0 aliphatic heterocycles. The summed E-state index contributed by atoms with van der Waals surface area (Å²) >= 11 is 3.37. The lowest BCUT2D eigenvalue weighted by Gasteiger charge is -2.07. The Bertz CT molecular complexity index is 1830. The summed E-state index contributed by atoms with van der Waals surface area (Å²) in [5.74, 6) is 0.330. The fourth-order valence-electron chi connectivity index (χ4n) is 4.19. The molecule has 0 fully saturated rings. The summed E-state index contributed by atoms with van der Waals surface area (Å²) in [4.78, 5) is 25.2. The molecule has 1 aromatic heterocycles. The molecule has 0 spiro atoms. The predicted molar refractivity (Wildman–Crippen MR) is 159 cm³/mol. The first-order valence-electron chi connectivity index (χ1n) is 12.4. The first-order valence-corrected chi connectivity index (χ1v) is 13.2. The van der Waals surface area contributed by atoms with Gasteiger partial charge in [0.25, 0.3) is 11.8 Å². The molecular weight excluding hydrogens is 568 g/mol. The van der Waals surface area contributed by atoms with Crippen LogP contribution in [0.15, 0.2) is 124 Å². The van der Waals surface area contributed by atoms with Gasteiger partial charge >= 0.3 is 0 Å². The van der Waals surface area contributed by atoms with Crippen molar-refractivity contribution in [2.24, 2.45) is 0 Å². The molecule has 2 N–H and O–H groups in total. The first-order chi connectivity index (χ1) is 19.5. The number of nitrogens with zero attached hydrogens (tertiary/aromatic N) is 2. The minimum Gasteiger partial charge on any atom is -0.416 e. The van der Waals surface area contributed by atoms with Crippen LogP contribution in [0.1, 0.15) is 20.7 Å². The normalized spacial score (nSPS) is 10.8. The van der Waals surface area contributed by atoms with Gasteiger partial charge in [0.2, 0.25) is 11.8 Å². The van der Waals surface area contributed by atoms with Crippen molar-refractivity contribution in [1.29, 1.82) is 0 Å². The van der Waals surface area contributed by atoms with Gasteiger partial charge in [-0.25, -0.2) is 0 Å². The predicted octanol–water partition coefficient (Wildman–Crippen LogP) is 7.82. The number of amides is 2. The second-order valence-corrected chi connectivity index (χ2v) is 9.96. The van der Waals surface area contributed by atoms with Gasteiger partial charge in [0, 0.05) is 38.1 Å². The van der Waals surface area contributed by atoms with Gasteiger partial charge in [-0.3, -0.25) is 9.59 Å². The Hall–Kier alpha value is -5.08. The number of anilines is 2. The standard InChI is InChI=1S/C32H21BrN4O3/c33-26-13-7-21(8-14-26)29(38)34-27-15-9-22(10-16-27)31-36-37-32(40-31)23-11-17-28(18-12-23)35-30(39)25-6-5-20-3-1-2-4-24(20)19-25/h1-19H,(H,34,38)(H,35,39). The summed E-state index contributed by atoms with van der Waals surface area (Å²) in [6.45, 7) is 0. The van der Waals surface area contributed by atoms with Crippen LogP contribution >= 0.6 is 15.9 Å². The van der Waals surface area contributed by atoms with Crippen molar-refractivity contribution >= 4 is 49.9 Å². The number of halogens is 1. The molecule has 1 heterocycles. The zero-order chi connectivity index (χ0) is 27.5. The maximum Gasteiger partial charge on any atom is 0.255 e. The molecule has 0 saturated carbocycles. The van der Waals surface area contributed by atoms with Gasteiger partial charge in [-0.1, -0.05) is 46.3 Å². The Morgan fingerprint density at radius 1 is 0.575 bits per heavy atom. The SMILES string of the molecule is O=C(Nc1ccc(-c2nnc(-c3ccc(NC(=O)c4ccc5ccccc5c4)cc3)o2)cc1)c1ccc(Br)cc1. The van der Waals surface area contributed by atoms with Crippen molar-refractivity contribution in [2.75, 3.05) is 10.6 Å². The largest absolute Gasteiger partial charge is 0.416 e. The maximum absolute atomic E-state index is 12.8. The van der Waals surface area contributed by atoms with Crippen LogP contribution in [0, 0.1) is 0 Å². The second kappa shape index (κ2) is 11.0. The summed E-state index contributed by atoms with van der Waals surface area (Å²) in [5.41, 5.74) is 3.90. The highest BCUT2D eigenvalue weighted by Crippen LogP contribution is 2.26. The molecule has 6 aromatic rings. The molecule has 0 saturated heterocycles. The molecule has 6 rings (SSSR count). The molecule has 194 valence electrons. The van der Waals surface area contributed by atoms with E-state index in [-0.39, 0.29) is 11.8 Å². The minimum atomic E-state index is -0.197. The van der Waals surface area contributed by atoms with E-state index in [0.29, 0.717) is 34.3 Å². The summed E-state index contributed by atoms with van der Waals surface area (Å²) in [6, 6.07) is 35.1. The Morgan fingerprint density at radius 3 is 1.65 bits per heavy atom. The van der Waals surface area contributed by atoms with Gasteiger partial charge < -0.3 is 15.1 Å². The van der Waals surface area contributed by atoms with Crippen molar-refractivity contribution < 1.29 is 14.0 Å². The van der Waals surface area contributed by atoms with Crippen molar-refractivity contribution in [2.45, 2.75) is 0 Å². The molecule has 7 nitrogen and oxygen atoms in total. The molecule has 40 heavy (non-hydrogen) atoms. The highest BCUT2D eigenvalue weighted by Gasteiger charge is 2.13. The molecule has 0 aliphatic carbocycles. The third kappa shape index (κ3) is 5.52. The van der Waals surface area contributed by atoms with Crippen LogP contribution < -0.4 is 10.6 Å². The van der Waals surface area contributed by atoms with Crippen LogP contribution in [0.25, 0.3) is 33.7 Å². The van der Waals surface area contributed by atoms with Gasteiger partial charge in [0.05, 0.1) is 0 Å². The van der Waals surface area contributed by atoms with Gasteiger partial charge in [-0.15, -0.1) is 10.2 Å². The average molecular weight is 589 g/mol. The van der Waals surface area contributed by atoms with E-state index in [9.17, 15) is 9.59 Å². The topological polar surface area (TPSA) is 97.1 Å². The van der Waals surface area contributed by atoms with Gasteiger partial charge in [0.1, 0.15) is 0 Å². The highest BCUT2D eigenvalue weighted by atomic mass is 79.9. The van der Waals surface area contributed by atoms with Crippen molar-refractivity contribution in [3.05, 3.63) is 131 Å². The fraction of sp³-hybridized carbons (Fsp3) is 0. The third-order valence-electron chi connectivity index (χ3n) is 6.32. The number of nitrogens with one attached hydrogen (secondary N) is 2. The molecule has 0 aliphatic rings. The molecule has 0 radical (unpaired) electrons. The van der Waals surface area contributed by atoms with Crippen LogP contribution in [0.2, 0.25) is 0 Å². The number of rotatable bonds is 6. The summed E-state index contributed by atoms with van der Waals surface area (Å²) in [5, 5.41) is 16.2. The quantitative estimate of drug-likeness (QED) is 0.207. The van der Waals surface area contributed by atoms with E-state index in [1.165, 1.54) is 0 Å². The van der Waals surface area contributed by atoms with Crippen molar-refractivity contribution in [1.82, 2.24) is 10.2 Å². The molecule has 0 unspecified atom stereocenters. The third-order valence-corrected chi connectivity index (χ3v) is 6.85. The number of aromatic nitrogens is 2. The van der Waals surface area contributed by atoms with Crippen molar-refractivity contribution in [3.8, 4) is 22.9 Å². The molecule has 0 atom stereocenters. The molecule has 5 aromatic carbocycles. The van der Waals surface area contributed by atoms with Crippen LogP contribution in [0.4, 0.5) is 11.4 Å².